The van der Waals surface area contributed by atoms with Gasteiger partial charge in [-0.25, -0.2) is 4.99 Å². The SMILES string of the molecule is CSC(=Nc1cccc(NC(=O)CN2CCCC2)c1)NC#N. The van der Waals surface area contributed by atoms with Gasteiger partial charge in [0.05, 0.1) is 12.2 Å². The minimum absolute atomic E-state index is 0.0109. The standard InChI is InChI=1S/C15H19N5OS/c1-22-15(17-11-16)19-13-6-4-5-12(9-13)18-14(21)10-20-7-2-3-8-20/h4-6,9H,2-3,7-8,10H2,1H3,(H,17,19)(H,18,21). The highest BCUT2D eigenvalue weighted by atomic mass is 32.2. The number of thioether (sulfide) groups is 1. The van der Waals surface area contributed by atoms with Gasteiger partial charge in [-0.1, -0.05) is 17.8 Å². The predicted octanol–water partition coefficient (Wildman–Crippen LogP) is 2.14. The lowest BCUT2D eigenvalue weighted by Gasteiger charge is -2.14. The summed E-state index contributed by atoms with van der Waals surface area (Å²) in [6.45, 7) is 2.42. The normalized spacial score (nSPS) is 15.4. The van der Waals surface area contributed by atoms with Gasteiger partial charge in [-0.3, -0.25) is 15.0 Å². The molecule has 2 N–H and O–H groups in total. The number of nitrogens with one attached hydrogen (secondary N) is 2. The largest absolute Gasteiger partial charge is 0.325 e. The fourth-order valence-electron chi connectivity index (χ4n) is 2.29. The Hall–Kier alpha value is -2.04. The van der Waals surface area contributed by atoms with Crippen LogP contribution in [-0.4, -0.2) is 41.9 Å². The molecule has 0 aromatic heterocycles. The fourth-order valence-corrected chi connectivity index (χ4v) is 2.63. The Morgan fingerprint density at radius 3 is 2.91 bits per heavy atom. The molecule has 1 aliphatic rings. The van der Waals surface area contributed by atoms with E-state index in [-0.39, 0.29) is 5.91 Å². The van der Waals surface area contributed by atoms with E-state index in [1.54, 1.807) is 6.07 Å². The lowest BCUT2D eigenvalue weighted by atomic mass is 10.3. The van der Waals surface area contributed by atoms with Gasteiger partial charge in [0.1, 0.15) is 0 Å². The van der Waals surface area contributed by atoms with E-state index in [2.05, 4.69) is 20.5 Å². The molecule has 2 rings (SSSR count). The first-order chi connectivity index (χ1) is 10.7. The topological polar surface area (TPSA) is 80.5 Å². The highest BCUT2D eigenvalue weighted by molar-refractivity contribution is 8.13. The molecule has 0 spiro atoms. The summed E-state index contributed by atoms with van der Waals surface area (Å²) in [7, 11) is 0. The zero-order chi connectivity index (χ0) is 15.8. The molecule has 7 heteroatoms. The van der Waals surface area contributed by atoms with Crippen molar-refractivity contribution in [3.63, 3.8) is 0 Å². The highest BCUT2D eigenvalue weighted by Crippen LogP contribution is 2.19. The summed E-state index contributed by atoms with van der Waals surface area (Å²) in [5.74, 6) is -0.0109. The minimum atomic E-state index is -0.0109. The molecule has 1 aromatic rings. The van der Waals surface area contributed by atoms with Crippen molar-refractivity contribution in [1.82, 2.24) is 10.2 Å². The van der Waals surface area contributed by atoms with E-state index < -0.39 is 0 Å². The number of hydrogen-bond acceptors (Lipinski definition) is 5. The molecule has 0 bridgehead atoms. The summed E-state index contributed by atoms with van der Waals surface area (Å²) in [6, 6.07) is 7.27. The first-order valence-electron chi connectivity index (χ1n) is 7.11. The molecule has 6 nitrogen and oxygen atoms in total. The van der Waals surface area contributed by atoms with Crippen molar-refractivity contribution in [1.29, 1.82) is 5.26 Å². The molecule has 1 fully saturated rings. The summed E-state index contributed by atoms with van der Waals surface area (Å²) in [5.41, 5.74) is 1.40. The number of amidine groups is 1. The molecule has 0 atom stereocenters. The van der Waals surface area contributed by atoms with Crippen LogP contribution in [0.5, 0.6) is 0 Å². The van der Waals surface area contributed by atoms with E-state index in [0.717, 1.165) is 13.1 Å². The number of carbonyl (C=O) groups is 1. The first kappa shape index (κ1) is 16.3. The Morgan fingerprint density at radius 1 is 1.45 bits per heavy atom. The van der Waals surface area contributed by atoms with Gasteiger partial charge in [-0.05, 0) is 50.4 Å². The van der Waals surface area contributed by atoms with Crippen molar-refractivity contribution in [2.75, 3.05) is 31.2 Å². The molecule has 0 saturated carbocycles. The monoisotopic (exact) mass is 317 g/mol. The van der Waals surface area contributed by atoms with Crippen LogP contribution in [0.25, 0.3) is 0 Å². The van der Waals surface area contributed by atoms with Gasteiger partial charge >= 0.3 is 0 Å². The Kier molecular flexibility index (Phi) is 6.25. The number of nitriles is 1. The van der Waals surface area contributed by atoms with Crippen molar-refractivity contribution in [3.8, 4) is 6.19 Å². The molecule has 1 heterocycles. The van der Waals surface area contributed by atoms with Crippen molar-refractivity contribution in [2.24, 2.45) is 4.99 Å². The quantitative estimate of drug-likeness (QED) is 0.385. The minimum Gasteiger partial charge on any atom is -0.325 e. The number of benzene rings is 1. The molecule has 1 aliphatic heterocycles. The molecule has 1 saturated heterocycles. The van der Waals surface area contributed by atoms with Crippen LogP contribution in [0.4, 0.5) is 11.4 Å². The second-order valence-electron chi connectivity index (χ2n) is 4.94. The maximum absolute atomic E-state index is 12.0. The smallest absolute Gasteiger partial charge is 0.238 e. The van der Waals surface area contributed by atoms with Crippen molar-refractivity contribution < 1.29 is 4.79 Å². The lowest BCUT2D eigenvalue weighted by molar-refractivity contribution is -0.117. The molecular weight excluding hydrogens is 298 g/mol. The molecule has 0 unspecified atom stereocenters. The van der Waals surface area contributed by atoms with Gasteiger partial charge in [0.2, 0.25) is 5.91 Å². The lowest BCUT2D eigenvalue weighted by Crippen LogP contribution is -2.30. The van der Waals surface area contributed by atoms with Crippen molar-refractivity contribution in [2.45, 2.75) is 12.8 Å². The summed E-state index contributed by atoms with van der Waals surface area (Å²) in [5, 5.41) is 14.6. The summed E-state index contributed by atoms with van der Waals surface area (Å²) in [6.07, 6.45) is 6.02. The van der Waals surface area contributed by atoms with Gasteiger partial charge in [0, 0.05) is 5.69 Å². The number of rotatable bonds is 4. The number of amides is 1. The van der Waals surface area contributed by atoms with Crippen molar-refractivity contribution >= 4 is 34.2 Å². The molecule has 0 radical (unpaired) electrons. The van der Waals surface area contributed by atoms with E-state index in [1.807, 2.05) is 30.6 Å². The number of carbonyl (C=O) groups excluding carboxylic acids is 1. The zero-order valence-corrected chi connectivity index (χ0v) is 13.3. The average molecular weight is 317 g/mol. The Bertz CT molecular complexity index is 590. The van der Waals surface area contributed by atoms with Crippen LogP contribution in [-0.2, 0) is 4.79 Å². The van der Waals surface area contributed by atoms with Gasteiger partial charge < -0.3 is 5.32 Å². The maximum Gasteiger partial charge on any atom is 0.238 e. The molecule has 0 aliphatic carbocycles. The van der Waals surface area contributed by atoms with E-state index in [4.69, 9.17) is 5.26 Å². The summed E-state index contributed by atoms with van der Waals surface area (Å²) < 4.78 is 0. The van der Waals surface area contributed by atoms with Crippen LogP contribution >= 0.6 is 11.8 Å². The first-order valence-corrected chi connectivity index (χ1v) is 8.34. The maximum atomic E-state index is 12.0. The molecular formula is C15H19N5OS. The molecule has 1 amide bonds. The third kappa shape index (κ3) is 5.06. The fraction of sp³-hybridized carbons (Fsp3) is 0.400. The Balaban J connectivity index is 1.98. The van der Waals surface area contributed by atoms with Gasteiger partial charge in [0.15, 0.2) is 11.4 Å². The Morgan fingerprint density at radius 2 is 2.23 bits per heavy atom. The number of hydrogen-bond donors (Lipinski definition) is 2. The van der Waals surface area contributed by atoms with E-state index in [9.17, 15) is 4.79 Å². The van der Waals surface area contributed by atoms with Gasteiger partial charge in [-0.15, -0.1) is 0 Å². The number of aliphatic imine (C=N–C) groups is 1. The predicted molar refractivity (Wildman–Crippen MR) is 90.1 cm³/mol. The van der Waals surface area contributed by atoms with Crippen LogP contribution in [0.1, 0.15) is 12.8 Å². The van der Waals surface area contributed by atoms with Gasteiger partial charge in [0.25, 0.3) is 0 Å². The Labute approximate surface area is 134 Å². The third-order valence-electron chi connectivity index (χ3n) is 3.28. The second-order valence-corrected chi connectivity index (χ2v) is 5.73. The van der Waals surface area contributed by atoms with E-state index >= 15 is 0 Å². The molecule has 22 heavy (non-hydrogen) atoms. The van der Waals surface area contributed by atoms with Crippen LogP contribution < -0.4 is 10.6 Å². The number of likely N-dealkylation sites (tertiary alicyclic amines) is 1. The number of nitrogens with zero attached hydrogens (tertiary/aromatic N) is 3. The van der Waals surface area contributed by atoms with E-state index in [1.165, 1.54) is 24.6 Å². The van der Waals surface area contributed by atoms with Gasteiger partial charge in [-0.2, -0.15) is 5.26 Å². The van der Waals surface area contributed by atoms with Crippen molar-refractivity contribution in [3.05, 3.63) is 24.3 Å². The van der Waals surface area contributed by atoms with Crippen LogP contribution in [0.2, 0.25) is 0 Å². The highest BCUT2D eigenvalue weighted by Gasteiger charge is 2.15. The van der Waals surface area contributed by atoms with E-state index in [0.29, 0.717) is 23.1 Å². The number of anilines is 1. The summed E-state index contributed by atoms with van der Waals surface area (Å²) in [4.78, 5) is 18.5. The van der Waals surface area contributed by atoms with Crippen LogP contribution in [0, 0.1) is 11.5 Å². The second kappa shape index (κ2) is 8.41. The van der Waals surface area contributed by atoms with Crippen LogP contribution in [0.3, 0.4) is 0 Å². The average Bonchev–Trinajstić information content (AvgIpc) is 3.00. The summed E-state index contributed by atoms with van der Waals surface area (Å²) >= 11 is 1.35. The molecule has 1 aromatic carbocycles. The zero-order valence-electron chi connectivity index (χ0n) is 12.5. The van der Waals surface area contributed by atoms with Crippen LogP contribution in [0.15, 0.2) is 29.3 Å². The molecule has 116 valence electrons. The third-order valence-corrected chi connectivity index (χ3v) is 3.86.